The molecule has 1 aromatic heterocycles. The fraction of sp³-hybridized carbons (Fsp3) is 0.333. The first-order valence-corrected chi connectivity index (χ1v) is 6.30. The molecule has 0 spiro atoms. The number of hydrogen-bond acceptors (Lipinski definition) is 4. The van der Waals surface area contributed by atoms with Crippen molar-refractivity contribution in [1.29, 1.82) is 0 Å². The zero-order valence-corrected chi connectivity index (χ0v) is 11.6. The van der Waals surface area contributed by atoms with Crippen molar-refractivity contribution in [3.8, 4) is 5.75 Å². The van der Waals surface area contributed by atoms with Gasteiger partial charge >= 0.3 is 0 Å². The summed E-state index contributed by atoms with van der Waals surface area (Å²) in [6.07, 6.45) is -0.258. The van der Waals surface area contributed by atoms with Gasteiger partial charge in [0.25, 0.3) is 0 Å². The molecule has 1 heterocycles. The summed E-state index contributed by atoms with van der Waals surface area (Å²) in [5.74, 6) is 2.41. The Morgan fingerprint density at radius 1 is 1.26 bits per heavy atom. The van der Waals surface area contributed by atoms with Crippen LogP contribution >= 0.6 is 0 Å². The molecular weight excluding hydrogens is 240 g/mol. The van der Waals surface area contributed by atoms with Gasteiger partial charge in [0.15, 0.2) is 6.10 Å². The van der Waals surface area contributed by atoms with Crippen molar-refractivity contribution in [2.24, 2.45) is 5.73 Å². The summed E-state index contributed by atoms with van der Waals surface area (Å²) in [6, 6.07) is 11.7. The van der Waals surface area contributed by atoms with Gasteiger partial charge in [0.2, 0.25) is 0 Å². The van der Waals surface area contributed by atoms with Gasteiger partial charge in [0.05, 0.1) is 0 Å². The summed E-state index contributed by atoms with van der Waals surface area (Å²) >= 11 is 0. The molecule has 2 rings (SSSR count). The second kappa shape index (κ2) is 5.80. The largest absolute Gasteiger partial charge is 0.481 e. The molecule has 0 saturated carbocycles. The van der Waals surface area contributed by atoms with Crippen molar-refractivity contribution in [2.75, 3.05) is 25.5 Å². The summed E-state index contributed by atoms with van der Waals surface area (Å²) < 4.78 is 11.5. The third-order valence-corrected chi connectivity index (χ3v) is 2.90. The number of furan rings is 1. The average Bonchev–Trinajstić information content (AvgIpc) is 2.83. The van der Waals surface area contributed by atoms with Gasteiger partial charge in [0.1, 0.15) is 17.3 Å². The maximum atomic E-state index is 5.91. The number of anilines is 1. The van der Waals surface area contributed by atoms with Crippen LogP contribution in [0.4, 0.5) is 5.69 Å². The van der Waals surface area contributed by atoms with E-state index >= 15 is 0 Å². The van der Waals surface area contributed by atoms with Crippen LogP contribution in [0.25, 0.3) is 0 Å². The van der Waals surface area contributed by atoms with E-state index in [4.69, 9.17) is 14.9 Å². The van der Waals surface area contributed by atoms with E-state index < -0.39 is 0 Å². The molecule has 4 nitrogen and oxygen atoms in total. The van der Waals surface area contributed by atoms with Crippen molar-refractivity contribution >= 4 is 5.69 Å². The molecule has 1 aromatic carbocycles. The maximum absolute atomic E-state index is 5.91. The normalized spacial score (nSPS) is 12.2. The Labute approximate surface area is 113 Å². The van der Waals surface area contributed by atoms with Gasteiger partial charge in [-0.2, -0.15) is 0 Å². The van der Waals surface area contributed by atoms with Crippen LogP contribution in [0.3, 0.4) is 0 Å². The molecule has 19 heavy (non-hydrogen) atoms. The molecule has 0 aliphatic rings. The monoisotopic (exact) mass is 260 g/mol. The second-order valence-electron chi connectivity index (χ2n) is 4.68. The van der Waals surface area contributed by atoms with E-state index in [2.05, 4.69) is 0 Å². The van der Waals surface area contributed by atoms with E-state index in [0.717, 1.165) is 23.0 Å². The molecule has 2 N–H and O–H groups in total. The number of aryl methyl sites for hydroxylation is 1. The zero-order valence-electron chi connectivity index (χ0n) is 11.6. The first-order chi connectivity index (χ1) is 9.10. The van der Waals surface area contributed by atoms with Crippen LogP contribution in [0.5, 0.6) is 5.75 Å². The van der Waals surface area contributed by atoms with Crippen molar-refractivity contribution in [3.63, 3.8) is 0 Å². The zero-order chi connectivity index (χ0) is 13.8. The van der Waals surface area contributed by atoms with Crippen LogP contribution < -0.4 is 15.4 Å². The molecule has 102 valence electrons. The Balaban J connectivity index is 2.16. The van der Waals surface area contributed by atoms with Crippen LogP contribution in [0.15, 0.2) is 40.8 Å². The highest BCUT2D eigenvalue weighted by atomic mass is 16.5. The lowest BCUT2D eigenvalue weighted by Gasteiger charge is -2.18. The average molecular weight is 260 g/mol. The maximum Gasteiger partial charge on any atom is 0.168 e. The number of ether oxygens (including phenoxy) is 1. The summed E-state index contributed by atoms with van der Waals surface area (Å²) in [4.78, 5) is 2.03. The molecular formula is C15H20N2O2. The summed E-state index contributed by atoms with van der Waals surface area (Å²) in [7, 11) is 3.99. The molecule has 0 amide bonds. The smallest absolute Gasteiger partial charge is 0.168 e. The predicted octanol–water partition coefficient (Wildman–Crippen LogP) is 2.73. The van der Waals surface area contributed by atoms with Crippen LogP contribution in [0.1, 0.15) is 17.6 Å². The number of hydrogen-bond donors (Lipinski definition) is 1. The van der Waals surface area contributed by atoms with Crippen molar-refractivity contribution < 1.29 is 9.15 Å². The van der Waals surface area contributed by atoms with E-state index in [1.807, 2.05) is 62.3 Å². The fourth-order valence-corrected chi connectivity index (χ4v) is 1.85. The SMILES string of the molecule is Cc1ccc(C(CN)Oc2cccc(N(C)C)c2)o1. The lowest BCUT2D eigenvalue weighted by atomic mass is 10.2. The van der Waals surface area contributed by atoms with Crippen LogP contribution in [0.2, 0.25) is 0 Å². The Morgan fingerprint density at radius 3 is 2.63 bits per heavy atom. The molecule has 0 aliphatic heterocycles. The summed E-state index contributed by atoms with van der Waals surface area (Å²) in [5.41, 5.74) is 6.85. The highest BCUT2D eigenvalue weighted by Crippen LogP contribution is 2.25. The van der Waals surface area contributed by atoms with Crippen LogP contribution in [-0.2, 0) is 0 Å². The van der Waals surface area contributed by atoms with Crippen molar-refractivity contribution in [1.82, 2.24) is 0 Å². The topological polar surface area (TPSA) is 51.6 Å². The Hall–Kier alpha value is -1.94. The minimum absolute atomic E-state index is 0.258. The van der Waals surface area contributed by atoms with Gasteiger partial charge < -0.3 is 19.8 Å². The molecule has 0 saturated heterocycles. The number of nitrogens with zero attached hydrogens (tertiary/aromatic N) is 1. The second-order valence-corrected chi connectivity index (χ2v) is 4.68. The highest BCUT2D eigenvalue weighted by molar-refractivity contribution is 5.49. The Kier molecular flexibility index (Phi) is 4.12. The molecule has 0 radical (unpaired) electrons. The van der Waals surface area contributed by atoms with Gasteiger partial charge in [0, 0.05) is 32.4 Å². The molecule has 0 fully saturated rings. The molecule has 2 aromatic rings. The minimum atomic E-state index is -0.258. The van der Waals surface area contributed by atoms with Crippen molar-refractivity contribution in [3.05, 3.63) is 47.9 Å². The number of benzene rings is 1. The van der Waals surface area contributed by atoms with E-state index in [0.29, 0.717) is 6.54 Å². The van der Waals surface area contributed by atoms with E-state index in [1.165, 1.54) is 0 Å². The number of nitrogens with two attached hydrogens (primary N) is 1. The summed E-state index contributed by atoms with van der Waals surface area (Å²) in [5, 5.41) is 0. The first kappa shape index (κ1) is 13.5. The minimum Gasteiger partial charge on any atom is -0.481 e. The van der Waals surface area contributed by atoms with Crippen LogP contribution in [-0.4, -0.2) is 20.6 Å². The Morgan fingerprint density at radius 2 is 2.05 bits per heavy atom. The molecule has 1 atom stereocenters. The fourth-order valence-electron chi connectivity index (χ4n) is 1.85. The lowest BCUT2D eigenvalue weighted by molar-refractivity contribution is 0.182. The highest BCUT2D eigenvalue weighted by Gasteiger charge is 2.15. The molecule has 0 aliphatic carbocycles. The third-order valence-electron chi connectivity index (χ3n) is 2.90. The Bertz CT molecular complexity index is 534. The van der Waals surface area contributed by atoms with Gasteiger partial charge in [-0.3, -0.25) is 0 Å². The van der Waals surface area contributed by atoms with Gasteiger partial charge in [-0.05, 0) is 31.2 Å². The summed E-state index contributed by atoms with van der Waals surface area (Å²) in [6.45, 7) is 2.28. The predicted molar refractivity (Wildman–Crippen MR) is 76.6 cm³/mol. The van der Waals surface area contributed by atoms with Crippen LogP contribution in [0, 0.1) is 6.92 Å². The van der Waals surface area contributed by atoms with Gasteiger partial charge in [-0.25, -0.2) is 0 Å². The standard InChI is InChI=1S/C15H20N2O2/c1-11-7-8-14(18-11)15(10-16)19-13-6-4-5-12(9-13)17(2)3/h4-9,15H,10,16H2,1-3H3. The van der Waals surface area contributed by atoms with Gasteiger partial charge in [-0.15, -0.1) is 0 Å². The molecule has 0 bridgehead atoms. The molecule has 1 unspecified atom stereocenters. The van der Waals surface area contributed by atoms with E-state index in [1.54, 1.807) is 0 Å². The number of rotatable bonds is 5. The van der Waals surface area contributed by atoms with E-state index in [9.17, 15) is 0 Å². The quantitative estimate of drug-likeness (QED) is 0.898. The first-order valence-electron chi connectivity index (χ1n) is 6.30. The third kappa shape index (κ3) is 3.29. The molecule has 4 heteroatoms. The van der Waals surface area contributed by atoms with Crippen molar-refractivity contribution in [2.45, 2.75) is 13.0 Å². The van der Waals surface area contributed by atoms with E-state index in [-0.39, 0.29) is 6.10 Å². The lowest BCUT2D eigenvalue weighted by Crippen LogP contribution is -2.18. The van der Waals surface area contributed by atoms with Gasteiger partial charge in [-0.1, -0.05) is 6.07 Å².